The Morgan fingerprint density at radius 1 is 0.969 bits per heavy atom. The number of nitrogens with zero attached hydrogens (tertiary/aromatic N) is 1. The third kappa shape index (κ3) is 4.11. The van der Waals surface area contributed by atoms with E-state index in [4.69, 9.17) is 4.74 Å². The molecule has 4 nitrogen and oxygen atoms in total. The second-order valence-electron chi connectivity index (χ2n) is 8.27. The van der Waals surface area contributed by atoms with E-state index in [1.807, 2.05) is 36.4 Å². The lowest BCUT2D eigenvalue weighted by Crippen LogP contribution is -2.29. The number of benzene rings is 3. The van der Waals surface area contributed by atoms with E-state index in [0.29, 0.717) is 17.2 Å². The van der Waals surface area contributed by atoms with Gasteiger partial charge in [0.25, 0.3) is 5.91 Å². The number of ether oxygens (including phenoxy) is 1. The number of aliphatic hydroxyl groups excluding tert-OH is 1. The van der Waals surface area contributed by atoms with Crippen molar-refractivity contribution in [3.8, 4) is 5.75 Å². The Balaban J connectivity index is 1.78. The van der Waals surface area contributed by atoms with Crippen molar-refractivity contribution in [2.75, 3.05) is 7.11 Å². The Labute approximate surface area is 187 Å². The van der Waals surface area contributed by atoms with Gasteiger partial charge in [0.05, 0.1) is 13.2 Å². The van der Waals surface area contributed by atoms with Crippen LogP contribution < -0.4 is 4.74 Å². The molecule has 1 unspecified atom stereocenters. The minimum atomic E-state index is -0.470. The van der Waals surface area contributed by atoms with E-state index in [1.165, 1.54) is 17.7 Å². The standard InChI is InChI=1S/C27H26FNO3/c1-17(2)19-6-8-21(9-7-19)25-24(20-10-14-23(32-3)15-11-20)26(30)27(31)29(25)16-18-4-12-22(28)13-5-18/h4-15,17,25,30H,16H2,1-3H3. The van der Waals surface area contributed by atoms with Gasteiger partial charge < -0.3 is 14.7 Å². The molecule has 1 atom stereocenters. The van der Waals surface area contributed by atoms with E-state index >= 15 is 0 Å². The maximum Gasteiger partial charge on any atom is 0.290 e. The number of carbonyl (C=O) groups excluding carboxylic acids is 1. The smallest absolute Gasteiger partial charge is 0.290 e. The van der Waals surface area contributed by atoms with Crippen molar-refractivity contribution in [2.45, 2.75) is 32.4 Å². The first kappa shape index (κ1) is 21.6. The van der Waals surface area contributed by atoms with Crippen LogP contribution in [0.4, 0.5) is 4.39 Å². The van der Waals surface area contributed by atoms with Crippen molar-refractivity contribution in [2.24, 2.45) is 0 Å². The van der Waals surface area contributed by atoms with Crippen LogP contribution in [0.1, 0.15) is 48.1 Å². The number of carbonyl (C=O) groups is 1. The Bertz CT molecular complexity index is 1130. The first-order valence-corrected chi connectivity index (χ1v) is 10.6. The minimum Gasteiger partial charge on any atom is -0.503 e. The maximum atomic E-state index is 13.4. The zero-order valence-electron chi connectivity index (χ0n) is 18.4. The van der Waals surface area contributed by atoms with Crippen molar-refractivity contribution in [3.63, 3.8) is 0 Å². The molecule has 0 bridgehead atoms. The molecule has 0 fully saturated rings. The maximum absolute atomic E-state index is 13.4. The molecule has 1 amide bonds. The quantitative estimate of drug-likeness (QED) is 0.520. The zero-order chi connectivity index (χ0) is 22.8. The molecule has 0 radical (unpaired) electrons. The number of rotatable bonds is 6. The van der Waals surface area contributed by atoms with E-state index in [0.717, 1.165) is 16.7 Å². The molecule has 3 aromatic rings. The topological polar surface area (TPSA) is 49.8 Å². The molecule has 3 aromatic carbocycles. The van der Waals surface area contributed by atoms with E-state index < -0.39 is 11.9 Å². The summed E-state index contributed by atoms with van der Waals surface area (Å²) < 4.78 is 18.6. The predicted molar refractivity (Wildman–Crippen MR) is 123 cm³/mol. The van der Waals surface area contributed by atoms with Crippen molar-refractivity contribution in [3.05, 3.63) is 107 Å². The van der Waals surface area contributed by atoms with Crippen LogP contribution in [0.2, 0.25) is 0 Å². The number of hydrogen-bond donors (Lipinski definition) is 1. The van der Waals surface area contributed by atoms with Crippen LogP contribution in [-0.2, 0) is 11.3 Å². The summed E-state index contributed by atoms with van der Waals surface area (Å²) in [7, 11) is 1.59. The summed E-state index contributed by atoms with van der Waals surface area (Å²) >= 11 is 0. The van der Waals surface area contributed by atoms with Gasteiger partial charge in [0.15, 0.2) is 5.76 Å². The highest BCUT2D eigenvalue weighted by Crippen LogP contribution is 2.44. The summed E-state index contributed by atoms with van der Waals surface area (Å²) in [6, 6.07) is 21.0. The molecule has 1 heterocycles. The highest BCUT2D eigenvalue weighted by atomic mass is 19.1. The van der Waals surface area contributed by atoms with Crippen LogP contribution in [0.3, 0.4) is 0 Å². The molecule has 0 aliphatic carbocycles. The van der Waals surface area contributed by atoms with Gasteiger partial charge in [0.1, 0.15) is 11.6 Å². The van der Waals surface area contributed by atoms with Gasteiger partial charge in [-0.1, -0.05) is 62.4 Å². The van der Waals surface area contributed by atoms with Crippen molar-refractivity contribution in [1.29, 1.82) is 0 Å². The molecule has 4 rings (SSSR count). The monoisotopic (exact) mass is 431 g/mol. The van der Waals surface area contributed by atoms with E-state index in [2.05, 4.69) is 26.0 Å². The molecule has 164 valence electrons. The Kier molecular flexibility index (Phi) is 5.99. The summed E-state index contributed by atoms with van der Waals surface area (Å²) in [5, 5.41) is 10.9. The molecule has 1 aliphatic rings. The zero-order valence-corrected chi connectivity index (χ0v) is 18.4. The van der Waals surface area contributed by atoms with Gasteiger partial charge in [-0.25, -0.2) is 4.39 Å². The fraction of sp³-hybridized carbons (Fsp3) is 0.222. The van der Waals surface area contributed by atoms with Crippen LogP contribution in [-0.4, -0.2) is 23.0 Å². The van der Waals surface area contributed by atoms with Crippen LogP contribution in [0.5, 0.6) is 5.75 Å². The average molecular weight is 432 g/mol. The van der Waals surface area contributed by atoms with Gasteiger partial charge in [0, 0.05) is 12.1 Å². The lowest BCUT2D eigenvalue weighted by molar-refractivity contribution is -0.130. The first-order chi connectivity index (χ1) is 15.4. The molecular weight excluding hydrogens is 405 g/mol. The number of methoxy groups -OCH3 is 1. The first-order valence-electron chi connectivity index (χ1n) is 10.6. The lowest BCUT2D eigenvalue weighted by atomic mass is 9.91. The van der Waals surface area contributed by atoms with Crippen LogP contribution in [0.25, 0.3) is 5.57 Å². The molecule has 0 saturated carbocycles. The molecule has 0 aromatic heterocycles. The minimum absolute atomic E-state index is 0.249. The van der Waals surface area contributed by atoms with E-state index in [9.17, 15) is 14.3 Å². The van der Waals surface area contributed by atoms with Crippen LogP contribution >= 0.6 is 0 Å². The average Bonchev–Trinajstić information content (AvgIpc) is 3.05. The third-order valence-electron chi connectivity index (χ3n) is 5.89. The van der Waals surface area contributed by atoms with Crippen molar-refractivity contribution < 1.29 is 19.0 Å². The SMILES string of the molecule is COc1ccc(C2=C(O)C(=O)N(Cc3ccc(F)cc3)C2c2ccc(C(C)C)cc2)cc1. The number of hydrogen-bond acceptors (Lipinski definition) is 3. The Morgan fingerprint density at radius 2 is 1.59 bits per heavy atom. The Morgan fingerprint density at radius 3 is 2.16 bits per heavy atom. The predicted octanol–water partition coefficient (Wildman–Crippen LogP) is 6.01. The second-order valence-corrected chi connectivity index (χ2v) is 8.27. The van der Waals surface area contributed by atoms with E-state index in [1.54, 1.807) is 24.1 Å². The van der Waals surface area contributed by atoms with Gasteiger partial charge in [-0.2, -0.15) is 0 Å². The number of amides is 1. The molecule has 0 saturated heterocycles. The van der Waals surface area contributed by atoms with E-state index in [-0.39, 0.29) is 18.1 Å². The molecule has 0 spiro atoms. The van der Waals surface area contributed by atoms with Gasteiger partial charge >= 0.3 is 0 Å². The highest BCUT2D eigenvalue weighted by molar-refractivity contribution is 6.05. The summed E-state index contributed by atoms with van der Waals surface area (Å²) in [6.45, 7) is 4.51. The van der Waals surface area contributed by atoms with Crippen molar-refractivity contribution in [1.82, 2.24) is 4.90 Å². The number of aliphatic hydroxyl groups is 1. The molecule has 32 heavy (non-hydrogen) atoms. The second kappa shape index (κ2) is 8.87. The molecular formula is C27H26FNO3. The molecule has 1 N–H and O–H groups in total. The molecule has 5 heteroatoms. The fourth-order valence-corrected chi connectivity index (χ4v) is 4.08. The summed E-state index contributed by atoms with van der Waals surface area (Å²) in [5.74, 6) is 0.0317. The van der Waals surface area contributed by atoms with Gasteiger partial charge in [0.2, 0.25) is 0 Å². The summed E-state index contributed by atoms with van der Waals surface area (Å²) in [6.07, 6.45) is 0. The fourth-order valence-electron chi connectivity index (χ4n) is 4.08. The summed E-state index contributed by atoms with van der Waals surface area (Å²) in [5.41, 5.74) is 4.18. The van der Waals surface area contributed by atoms with Gasteiger partial charge in [-0.3, -0.25) is 4.79 Å². The summed E-state index contributed by atoms with van der Waals surface area (Å²) in [4.78, 5) is 14.8. The largest absolute Gasteiger partial charge is 0.503 e. The number of halogens is 1. The van der Waals surface area contributed by atoms with Gasteiger partial charge in [-0.05, 0) is 52.4 Å². The lowest BCUT2D eigenvalue weighted by Gasteiger charge is -2.28. The van der Waals surface area contributed by atoms with Crippen LogP contribution in [0.15, 0.2) is 78.6 Å². The van der Waals surface area contributed by atoms with Crippen LogP contribution in [0, 0.1) is 5.82 Å². The van der Waals surface area contributed by atoms with Crippen molar-refractivity contribution >= 4 is 11.5 Å². The Hall–Kier alpha value is -3.60. The molecule has 1 aliphatic heterocycles. The van der Waals surface area contributed by atoms with Gasteiger partial charge in [-0.15, -0.1) is 0 Å². The third-order valence-corrected chi connectivity index (χ3v) is 5.89. The highest BCUT2D eigenvalue weighted by Gasteiger charge is 2.41. The normalized spacial score (nSPS) is 16.2.